The Hall–Kier alpha value is -2.44. The van der Waals surface area contributed by atoms with Gasteiger partial charge in [0.1, 0.15) is 5.82 Å². The standard InChI is InChI=1S/C21H22ClFN2O3/c1-15(28-21(27)18-13-17(22)7-8-19(18)23)20(26)25-11-9-24(10-12-25)14-16-5-3-2-4-6-16/h2-8,13,15H,9-12,14H2,1H3. The quantitative estimate of drug-likeness (QED) is 0.717. The third-order valence-corrected chi connectivity index (χ3v) is 4.95. The van der Waals surface area contributed by atoms with Crippen LogP contribution in [-0.2, 0) is 16.1 Å². The maximum Gasteiger partial charge on any atom is 0.341 e. The summed E-state index contributed by atoms with van der Waals surface area (Å²) < 4.78 is 19.0. The van der Waals surface area contributed by atoms with Crippen LogP contribution >= 0.6 is 11.6 Å². The van der Waals surface area contributed by atoms with Crippen molar-refractivity contribution in [3.8, 4) is 0 Å². The molecule has 1 aliphatic heterocycles. The predicted molar refractivity (Wildman–Crippen MR) is 105 cm³/mol. The molecule has 0 aromatic heterocycles. The SMILES string of the molecule is CC(OC(=O)c1cc(Cl)ccc1F)C(=O)N1CCN(Cc2ccccc2)CC1. The van der Waals surface area contributed by atoms with E-state index >= 15 is 0 Å². The molecule has 0 spiro atoms. The lowest BCUT2D eigenvalue weighted by Crippen LogP contribution is -2.51. The minimum Gasteiger partial charge on any atom is -0.449 e. The van der Waals surface area contributed by atoms with E-state index in [0.717, 1.165) is 25.7 Å². The molecule has 5 nitrogen and oxygen atoms in total. The number of rotatable bonds is 5. The third kappa shape index (κ3) is 5.09. The molecule has 0 bridgehead atoms. The molecule has 0 N–H and O–H groups in total. The molecule has 3 rings (SSSR count). The van der Waals surface area contributed by atoms with E-state index in [0.29, 0.717) is 13.1 Å². The Labute approximate surface area is 168 Å². The summed E-state index contributed by atoms with van der Waals surface area (Å²) in [5.41, 5.74) is 0.952. The van der Waals surface area contributed by atoms with Crippen molar-refractivity contribution in [1.29, 1.82) is 0 Å². The average Bonchev–Trinajstić information content (AvgIpc) is 2.70. The molecular weight excluding hydrogens is 383 g/mol. The number of amides is 1. The zero-order chi connectivity index (χ0) is 20.1. The summed E-state index contributed by atoms with van der Waals surface area (Å²) in [5, 5.41) is 0.224. The van der Waals surface area contributed by atoms with Gasteiger partial charge in [0.2, 0.25) is 0 Å². The number of piperazine rings is 1. The number of carbonyl (C=O) groups excluding carboxylic acids is 2. The van der Waals surface area contributed by atoms with Gasteiger partial charge in [0, 0.05) is 37.7 Å². The van der Waals surface area contributed by atoms with Crippen LogP contribution in [0.15, 0.2) is 48.5 Å². The van der Waals surface area contributed by atoms with Crippen LogP contribution in [0.5, 0.6) is 0 Å². The molecule has 1 fully saturated rings. The summed E-state index contributed by atoms with van der Waals surface area (Å²) in [6.07, 6.45) is -0.994. The Bertz CT molecular complexity index is 839. The topological polar surface area (TPSA) is 49.9 Å². The highest BCUT2D eigenvalue weighted by Crippen LogP contribution is 2.17. The van der Waals surface area contributed by atoms with Gasteiger partial charge < -0.3 is 9.64 Å². The molecule has 2 aromatic rings. The highest BCUT2D eigenvalue weighted by atomic mass is 35.5. The number of halogens is 2. The van der Waals surface area contributed by atoms with Crippen LogP contribution in [0.1, 0.15) is 22.8 Å². The number of ether oxygens (including phenoxy) is 1. The van der Waals surface area contributed by atoms with Crippen LogP contribution in [0.25, 0.3) is 0 Å². The lowest BCUT2D eigenvalue weighted by atomic mass is 10.2. The first-order valence-electron chi connectivity index (χ1n) is 9.15. The van der Waals surface area contributed by atoms with Crippen LogP contribution in [0.4, 0.5) is 4.39 Å². The Morgan fingerprint density at radius 2 is 1.79 bits per heavy atom. The van der Waals surface area contributed by atoms with E-state index in [9.17, 15) is 14.0 Å². The van der Waals surface area contributed by atoms with Gasteiger partial charge in [0.15, 0.2) is 6.10 Å². The molecule has 1 amide bonds. The summed E-state index contributed by atoms with van der Waals surface area (Å²) in [4.78, 5) is 28.7. The molecule has 1 saturated heterocycles. The first kappa shape index (κ1) is 20.3. The van der Waals surface area contributed by atoms with Crippen molar-refractivity contribution < 1.29 is 18.7 Å². The summed E-state index contributed by atoms with van der Waals surface area (Å²) >= 11 is 5.80. The summed E-state index contributed by atoms with van der Waals surface area (Å²) in [6.45, 7) is 4.92. The molecule has 1 heterocycles. The Morgan fingerprint density at radius 1 is 1.11 bits per heavy atom. The predicted octanol–water partition coefficient (Wildman–Crippen LogP) is 3.37. The van der Waals surface area contributed by atoms with Crippen LogP contribution < -0.4 is 0 Å². The van der Waals surface area contributed by atoms with Crippen molar-refractivity contribution in [3.05, 3.63) is 70.5 Å². The van der Waals surface area contributed by atoms with Crippen molar-refractivity contribution in [2.45, 2.75) is 19.6 Å². The fourth-order valence-corrected chi connectivity index (χ4v) is 3.33. The number of carbonyl (C=O) groups is 2. The zero-order valence-electron chi connectivity index (χ0n) is 15.6. The smallest absolute Gasteiger partial charge is 0.341 e. The van der Waals surface area contributed by atoms with E-state index in [4.69, 9.17) is 16.3 Å². The highest BCUT2D eigenvalue weighted by Gasteiger charge is 2.28. The maximum atomic E-state index is 13.8. The number of hydrogen-bond donors (Lipinski definition) is 0. The monoisotopic (exact) mass is 404 g/mol. The molecule has 1 atom stereocenters. The van der Waals surface area contributed by atoms with Gasteiger partial charge in [0.25, 0.3) is 5.91 Å². The Kier molecular flexibility index (Phi) is 6.65. The average molecular weight is 405 g/mol. The molecule has 1 unspecified atom stereocenters. The van der Waals surface area contributed by atoms with Crippen molar-refractivity contribution in [1.82, 2.24) is 9.80 Å². The molecule has 28 heavy (non-hydrogen) atoms. The van der Waals surface area contributed by atoms with E-state index < -0.39 is 17.9 Å². The first-order chi connectivity index (χ1) is 13.4. The molecule has 148 valence electrons. The summed E-state index contributed by atoms with van der Waals surface area (Å²) in [6, 6.07) is 13.8. The second-order valence-corrected chi connectivity index (χ2v) is 7.20. The van der Waals surface area contributed by atoms with E-state index in [1.807, 2.05) is 18.2 Å². The van der Waals surface area contributed by atoms with E-state index in [2.05, 4.69) is 17.0 Å². The van der Waals surface area contributed by atoms with Crippen LogP contribution in [0.2, 0.25) is 5.02 Å². The lowest BCUT2D eigenvalue weighted by molar-refractivity contribution is -0.141. The normalized spacial score (nSPS) is 15.9. The Morgan fingerprint density at radius 3 is 2.46 bits per heavy atom. The fraction of sp³-hybridized carbons (Fsp3) is 0.333. The maximum absolute atomic E-state index is 13.8. The van der Waals surface area contributed by atoms with Gasteiger partial charge in [-0.2, -0.15) is 0 Å². The third-order valence-electron chi connectivity index (χ3n) is 4.71. The minimum atomic E-state index is -0.994. The molecule has 2 aromatic carbocycles. The lowest BCUT2D eigenvalue weighted by Gasteiger charge is -2.35. The van der Waals surface area contributed by atoms with Crippen molar-refractivity contribution in [2.24, 2.45) is 0 Å². The van der Waals surface area contributed by atoms with Gasteiger partial charge in [-0.3, -0.25) is 9.69 Å². The molecule has 1 aliphatic rings. The van der Waals surface area contributed by atoms with Gasteiger partial charge >= 0.3 is 5.97 Å². The molecular formula is C21H22ClFN2O3. The van der Waals surface area contributed by atoms with Gasteiger partial charge in [-0.15, -0.1) is 0 Å². The van der Waals surface area contributed by atoms with Crippen LogP contribution in [0.3, 0.4) is 0 Å². The first-order valence-corrected chi connectivity index (χ1v) is 9.53. The second kappa shape index (κ2) is 9.17. The van der Waals surface area contributed by atoms with Gasteiger partial charge in [0.05, 0.1) is 5.56 Å². The fourth-order valence-electron chi connectivity index (χ4n) is 3.15. The molecule has 0 radical (unpaired) electrons. The van der Waals surface area contributed by atoms with Gasteiger partial charge in [-0.05, 0) is 30.7 Å². The second-order valence-electron chi connectivity index (χ2n) is 6.76. The van der Waals surface area contributed by atoms with Crippen molar-refractivity contribution in [3.63, 3.8) is 0 Å². The van der Waals surface area contributed by atoms with Crippen LogP contribution in [-0.4, -0.2) is 54.0 Å². The van der Waals surface area contributed by atoms with E-state index in [-0.39, 0.29) is 16.5 Å². The summed E-state index contributed by atoms with van der Waals surface area (Å²) in [7, 11) is 0. The van der Waals surface area contributed by atoms with Crippen molar-refractivity contribution >= 4 is 23.5 Å². The largest absolute Gasteiger partial charge is 0.449 e. The number of hydrogen-bond acceptors (Lipinski definition) is 4. The van der Waals surface area contributed by atoms with Gasteiger partial charge in [-0.25, -0.2) is 9.18 Å². The van der Waals surface area contributed by atoms with Crippen molar-refractivity contribution in [2.75, 3.05) is 26.2 Å². The zero-order valence-corrected chi connectivity index (χ0v) is 16.4. The molecule has 0 saturated carbocycles. The Balaban J connectivity index is 1.51. The molecule has 0 aliphatic carbocycles. The highest BCUT2D eigenvalue weighted by molar-refractivity contribution is 6.30. The molecule has 7 heteroatoms. The number of benzene rings is 2. The number of nitrogens with zero attached hydrogens (tertiary/aromatic N) is 2. The number of esters is 1. The minimum absolute atomic E-state index is 0.224. The summed E-state index contributed by atoms with van der Waals surface area (Å²) in [5.74, 6) is -1.91. The van der Waals surface area contributed by atoms with E-state index in [1.54, 1.807) is 4.90 Å². The van der Waals surface area contributed by atoms with E-state index in [1.165, 1.54) is 24.6 Å². The van der Waals surface area contributed by atoms with Gasteiger partial charge in [-0.1, -0.05) is 41.9 Å². The van der Waals surface area contributed by atoms with Crippen LogP contribution in [0, 0.1) is 5.82 Å².